The van der Waals surface area contributed by atoms with Crippen LogP contribution in [0.5, 0.6) is 0 Å². The number of rotatable bonds is 6. The second-order valence-corrected chi connectivity index (χ2v) is 3.36. The normalized spacial score (nSPS) is 31.4. The predicted molar refractivity (Wildman–Crippen MR) is 44.1 cm³/mol. The Labute approximate surface area is 76.6 Å². The minimum atomic E-state index is -0.749. The van der Waals surface area contributed by atoms with E-state index in [9.17, 15) is 0 Å². The molecule has 0 aromatic heterocycles. The zero-order chi connectivity index (χ0) is 9.84. The number of hydrogen-bond donors (Lipinski definition) is 4. The van der Waals surface area contributed by atoms with E-state index >= 15 is 0 Å². The smallest absolute Gasteiger partial charge is 0.0868 e. The summed E-state index contributed by atoms with van der Waals surface area (Å²) in [6.45, 7) is -0.537. The first-order chi connectivity index (χ1) is 6.17. The van der Waals surface area contributed by atoms with E-state index in [4.69, 9.17) is 25.2 Å². The highest BCUT2D eigenvalue weighted by Crippen LogP contribution is 2.30. The Morgan fingerprint density at radius 1 is 0.923 bits per heavy atom. The number of aliphatic hydroxyl groups is 4. The van der Waals surface area contributed by atoms with Crippen molar-refractivity contribution < 1.29 is 25.2 Å². The van der Waals surface area contributed by atoms with Crippen LogP contribution in [0.15, 0.2) is 0 Å². The Kier molecular flexibility index (Phi) is 4.08. The van der Waals surface area contributed by atoms with Crippen LogP contribution in [0.1, 0.15) is 12.8 Å². The van der Waals surface area contributed by atoms with Crippen LogP contribution < -0.4 is 0 Å². The van der Waals surface area contributed by atoms with Crippen LogP contribution >= 0.6 is 0 Å². The monoisotopic (exact) mass is 192 g/mol. The summed E-state index contributed by atoms with van der Waals surface area (Å²) in [5.41, 5.74) is 0. The zero-order valence-electron chi connectivity index (χ0n) is 7.33. The molecule has 0 radical (unpaired) electrons. The molecular weight excluding hydrogens is 176 g/mol. The van der Waals surface area contributed by atoms with E-state index in [0.29, 0.717) is 12.8 Å². The van der Waals surface area contributed by atoms with Gasteiger partial charge in [-0.3, -0.25) is 0 Å². The van der Waals surface area contributed by atoms with E-state index in [-0.39, 0.29) is 25.4 Å². The van der Waals surface area contributed by atoms with Crippen molar-refractivity contribution >= 4 is 0 Å². The van der Waals surface area contributed by atoms with E-state index in [1.54, 1.807) is 0 Å². The highest BCUT2D eigenvalue weighted by atomic mass is 16.6. The molecule has 5 nitrogen and oxygen atoms in total. The minimum Gasteiger partial charge on any atom is -0.394 e. The van der Waals surface area contributed by atoms with E-state index in [1.807, 2.05) is 0 Å². The number of ether oxygens (including phenoxy) is 1. The van der Waals surface area contributed by atoms with Crippen molar-refractivity contribution in [3.05, 3.63) is 0 Å². The summed E-state index contributed by atoms with van der Waals surface area (Å²) in [6.07, 6.45) is -0.882. The molecule has 78 valence electrons. The van der Waals surface area contributed by atoms with Gasteiger partial charge in [-0.25, -0.2) is 0 Å². The summed E-state index contributed by atoms with van der Waals surface area (Å²) >= 11 is 0. The number of aliphatic hydroxyl groups excluding tert-OH is 4. The Morgan fingerprint density at radius 2 is 1.31 bits per heavy atom. The van der Waals surface area contributed by atoms with E-state index in [0.717, 1.165) is 0 Å². The first kappa shape index (κ1) is 10.9. The Hall–Kier alpha value is -0.200. The molecule has 1 aliphatic heterocycles. The maximum absolute atomic E-state index is 9.04. The number of epoxide rings is 1. The van der Waals surface area contributed by atoms with Crippen LogP contribution in [-0.4, -0.2) is 58.1 Å². The van der Waals surface area contributed by atoms with Gasteiger partial charge < -0.3 is 25.2 Å². The number of hydrogen-bond acceptors (Lipinski definition) is 5. The maximum Gasteiger partial charge on any atom is 0.0868 e. The highest BCUT2D eigenvalue weighted by molar-refractivity contribution is 4.88. The lowest BCUT2D eigenvalue weighted by Crippen LogP contribution is -2.18. The Bertz CT molecular complexity index is 135. The van der Waals surface area contributed by atoms with Crippen LogP contribution in [0.4, 0.5) is 0 Å². The summed E-state index contributed by atoms with van der Waals surface area (Å²) in [5, 5.41) is 35.1. The molecule has 4 N–H and O–H groups in total. The molecule has 1 aliphatic rings. The van der Waals surface area contributed by atoms with Crippen LogP contribution in [0, 0.1) is 0 Å². The summed E-state index contributed by atoms with van der Waals surface area (Å²) in [4.78, 5) is 0. The van der Waals surface area contributed by atoms with Crippen LogP contribution in [0.25, 0.3) is 0 Å². The fraction of sp³-hybridized carbons (Fsp3) is 1.00. The molecule has 0 saturated carbocycles. The minimum absolute atomic E-state index is 0.0802. The molecule has 0 aromatic carbocycles. The van der Waals surface area contributed by atoms with Crippen molar-refractivity contribution in [2.24, 2.45) is 0 Å². The van der Waals surface area contributed by atoms with Crippen LogP contribution in [-0.2, 0) is 4.74 Å². The third-order valence-electron chi connectivity index (χ3n) is 2.12. The lowest BCUT2D eigenvalue weighted by molar-refractivity contribution is 0.0813. The second kappa shape index (κ2) is 4.88. The zero-order valence-corrected chi connectivity index (χ0v) is 7.33. The molecule has 4 atom stereocenters. The van der Waals surface area contributed by atoms with Gasteiger partial charge >= 0.3 is 0 Å². The van der Waals surface area contributed by atoms with Crippen LogP contribution in [0.2, 0.25) is 0 Å². The summed E-state index contributed by atoms with van der Waals surface area (Å²) < 4.78 is 5.12. The molecule has 1 saturated heterocycles. The predicted octanol–water partition coefficient (Wildman–Crippen LogP) is -1.76. The Balaban J connectivity index is 2.08. The van der Waals surface area contributed by atoms with E-state index < -0.39 is 12.2 Å². The highest BCUT2D eigenvalue weighted by Gasteiger charge is 2.40. The van der Waals surface area contributed by atoms with Crippen molar-refractivity contribution in [2.45, 2.75) is 37.3 Å². The molecule has 0 spiro atoms. The largest absolute Gasteiger partial charge is 0.394 e. The van der Waals surface area contributed by atoms with Crippen LogP contribution in [0.3, 0.4) is 0 Å². The molecule has 1 rings (SSSR count). The standard InChI is InChI=1S/C8H16O5/c9-3-5(11)1-7-8(13-7)2-6(12)4-10/h5-12H,1-4H2. The van der Waals surface area contributed by atoms with Gasteiger partial charge in [-0.05, 0) is 0 Å². The maximum atomic E-state index is 9.04. The average molecular weight is 192 g/mol. The summed E-state index contributed by atoms with van der Waals surface area (Å²) in [5.74, 6) is 0. The van der Waals surface area contributed by atoms with Crippen molar-refractivity contribution in [3.63, 3.8) is 0 Å². The SMILES string of the molecule is OCC(O)CC1OC1CC(O)CO. The Morgan fingerprint density at radius 3 is 1.62 bits per heavy atom. The van der Waals surface area contributed by atoms with Crippen molar-refractivity contribution in [1.82, 2.24) is 0 Å². The molecule has 13 heavy (non-hydrogen) atoms. The third kappa shape index (κ3) is 3.58. The molecule has 4 unspecified atom stereocenters. The molecule has 0 amide bonds. The quantitative estimate of drug-likeness (QED) is 0.374. The fourth-order valence-corrected chi connectivity index (χ4v) is 1.28. The first-order valence-electron chi connectivity index (χ1n) is 4.40. The van der Waals surface area contributed by atoms with Gasteiger partial charge in [0.25, 0.3) is 0 Å². The summed E-state index contributed by atoms with van der Waals surface area (Å²) in [6, 6.07) is 0. The van der Waals surface area contributed by atoms with Gasteiger partial charge in [0, 0.05) is 12.8 Å². The van der Waals surface area contributed by atoms with Gasteiger partial charge in [0.2, 0.25) is 0 Å². The summed E-state index contributed by atoms with van der Waals surface area (Å²) in [7, 11) is 0. The van der Waals surface area contributed by atoms with Gasteiger partial charge in [0.1, 0.15) is 0 Å². The van der Waals surface area contributed by atoms with Gasteiger partial charge in [0.05, 0.1) is 37.6 Å². The average Bonchev–Trinajstić information content (AvgIpc) is 2.83. The first-order valence-corrected chi connectivity index (χ1v) is 4.40. The van der Waals surface area contributed by atoms with Crippen molar-refractivity contribution in [1.29, 1.82) is 0 Å². The lowest BCUT2D eigenvalue weighted by atomic mass is 10.1. The van der Waals surface area contributed by atoms with Crippen molar-refractivity contribution in [3.8, 4) is 0 Å². The van der Waals surface area contributed by atoms with Gasteiger partial charge in [-0.15, -0.1) is 0 Å². The third-order valence-corrected chi connectivity index (χ3v) is 2.12. The van der Waals surface area contributed by atoms with Gasteiger partial charge in [-0.1, -0.05) is 0 Å². The topological polar surface area (TPSA) is 93.5 Å². The molecule has 0 aromatic rings. The molecular formula is C8H16O5. The lowest BCUT2D eigenvalue weighted by Gasteiger charge is -2.04. The van der Waals surface area contributed by atoms with E-state index in [1.165, 1.54) is 0 Å². The van der Waals surface area contributed by atoms with Crippen molar-refractivity contribution in [2.75, 3.05) is 13.2 Å². The van der Waals surface area contributed by atoms with E-state index in [2.05, 4.69) is 0 Å². The van der Waals surface area contributed by atoms with Gasteiger partial charge in [0.15, 0.2) is 0 Å². The second-order valence-electron chi connectivity index (χ2n) is 3.36. The molecule has 5 heteroatoms. The molecule has 1 fully saturated rings. The molecule has 0 aliphatic carbocycles. The fourth-order valence-electron chi connectivity index (χ4n) is 1.28. The molecule has 1 heterocycles. The van der Waals surface area contributed by atoms with Gasteiger partial charge in [-0.2, -0.15) is 0 Å². The molecule has 0 bridgehead atoms.